The van der Waals surface area contributed by atoms with E-state index in [1.807, 2.05) is 9.34 Å². The van der Waals surface area contributed by atoms with Crippen LogP contribution in [-0.2, 0) is 9.09 Å². The van der Waals surface area contributed by atoms with Gasteiger partial charge >= 0.3 is 7.67 Å². The molecule has 19 heavy (non-hydrogen) atoms. The Kier molecular flexibility index (Phi) is 5.47. The van der Waals surface area contributed by atoms with Crippen molar-refractivity contribution in [3.05, 3.63) is 0 Å². The maximum absolute atomic E-state index is 12.9. The highest BCUT2D eigenvalue weighted by molar-refractivity contribution is 7.54. The van der Waals surface area contributed by atoms with Crippen LogP contribution >= 0.6 is 7.67 Å². The molecule has 4 atom stereocenters. The molecular formula is C14H29N2O2P. The van der Waals surface area contributed by atoms with Crippen LogP contribution in [0.3, 0.4) is 0 Å². The Morgan fingerprint density at radius 1 is 1.00 bits per heavy atom. The third-order valence-electron chi connectivity index (χ3n) is 4.06. The summed E-state index contributed by atoms with van der Waals surface area (Å²) >= 11 is 0. The Hall–Kier alpha value is 0.110. The van der Waals surface area contributed by atoms with E-state index in [0.717, 1.165) is 19.5 Å². The van der Waals surface area contributed by atoms with Crippen molar-refractivity contribution < 1.29 is 9.09 Å². The summed E-state index contributed by atoms with van der Waals surface area (Å²) in [6, 6.07) is 0.867. The van der Waals surface area contributed by atoms with Crippen LogP contribution in [0.1, 0.15) is 59.3 Å². The van der Waals surface area contributed by atoms with Crippen LogP contribution in [0.4, 0.5) is 0 Å². The van der Waals surface area contributed by atoms with E-state index in [0.29, 0.717) is 18.7 Å². The molecule has 112 valence electrons. The molecule has 0 aromatic heterocycles. The minimum Gasteiger partial charge on any atom is -0.306 e. The lowest BCUT2D eigenvalue weighted by molar-refractivity contribution is 0.261. The molecule has 0 aromatic rings. The van der Waals surface area contributed by atoms with Crippen LogP contribution in [0, 0.1) is 0 Å². The molecule has 0 bridgehead atoms. The van der Waals surface area contributed by atoms with Gasteiger partial charge in [0.25, 0.3) is 0 Å². The lowest BCUT2D eigenvalue weighted by atomic mass is 10.1. The van der Waals surface area contributed by atoms with E-state index in [2.05, 4.69) is 20.8 Å². The summed E-state index contributed by atoms with van der Waals surface area (Å²) in [6.07, 6.45) is 7.45. The Morgan fingerprint density at radius 2 is 1.47 bits per heavy atom. The highest BCUT2D eigenvalue weighted by Crippen LogP contribution is 2.64. The molecule has 0 aliphatic carbocycles. The van der Waals surface area contributed by atoms with Crippen LogP contribution in [0.5, 0.6) is 0 Å². The summed E-state index contributed by atoms with van der Waals surface area (Å²) in [5.74, 6) is 0. The Morgan fingerprint density at radius 3 is 1.95 bits per heavy atom. The lowest BCUT2D eigenvalue weighted by Gasteiger charge is -2.21. The number of hydrogen-bond donors (Lipinski definition) is 0. The summed E-state index contributed by atoms with van der Waals surface area (Å²) in [6.45, 7) is 8.98. The van der Waals surface area contributed by atoms with Crippen molar-refractivity contribution in [2.24, 2.45) is 0 Å². The van der Waals surface area contributed by atoms with Crippen molar-refractivity contribution in [1.29, 1.82) is 0 Å². The van der Waals surface area contributed by atoms with Gasteiger partial charge in [0, 0.05) is 25.2 Å². The quantitative estimate of drug-likeness (QED) is 0.347. The van der Waals surface area contributed by atoms with E-state index >= 15 is 0 Å². The van der Waals surface area contributed by atoms with Crippen molar-refractivity contribution in [1.82, 2.24) is 9.34 Å². The molecule has 2 rings (SSSR count). The zero-order chi connectivity index (χ0) is 13.9. The minimum absolute atomic E-state index is 0.434. The second-order valence-electron chi connectivity index (χ2n) is 6.03. The molecule has 0 saturated carbocycles. The van der Waals surface area contributed by atoms with Gasteiger partial charge in [-0.1, -0.05) is 39.0 Å². The minimum atomic E-state index is -2.65. The average Bonchev–Trinajstić information content (AvgIpc) is 3.27. The molecule has 0 amide bonds. The molecule has 0 N–H and O–H groups in total. The predicted molar refractivity (Wildman–Crippen MR) is 79.3 cm³/mol. The molecule has 2 aliphatic heterocycles. The van der Waals surface area contributed by atoms with Gasteiger partial charge in [0.15, 0.2) is 0 Å². The molecule has 2 saturated heterocycles. The summed E-state index contributed by atoms with van der Waals surface area (Å²) in [7, 11) is -2.65. The van der Waals surface area contributed by atoms with Crippen LogP contribution < -0.4 is 0 Å². The van der Waals surface area contributed by atoms with Gasteiger partial charge in [-0.25, -0.2) is 9.34 Å². The number of rotatable bonds is 10. The normalized spacial score (nSPS) is 35.9. The first-order chi connectivity index (χ1) is 9.09. The van der Waals surface area contributed by atoms with Gasteiger partial charge in [-0.05, 0) is 20.3 Å². The van der Waals surface area contributed by atoms with Crippen molar-refractivity contribution in [3.63, 3.8) is 0 Å². The van der Waals surface area contributed by atoms with E-state index in [1.54, 1.807) is 0 Å². The Labute approximate surface area is 118 Å². The van der Waals surface area contributed by atoms with E-state index in [-0.39, 0.29) is 0 Å². The molecule has 0 radical (unpaired) electrons. The molecule has 2 fully saturated rings. The SMILES string of the molecule is CCCCCCCCOP(=O)(N1C[C@@H]1C)N1C[C@@H]1C. The molecular weight excluding hydrogens is 259 g/mol. The molecule has 4 nitrogen and oxygen atoms in total. The monoisotopic (exact) mass is 288 g/mol. The van der Waals surface area contributed by atoms with Gasteiger partial charge in [-0.2, -0.15) is 0 Å². The molecule has 0 aromatic carbocycles. The first-order valence-corrected chi connectivity index (χ1v) is 9.41. The van der Waals surface area contributed by atoms with E-state index in [1.165, 1.54) is 32.1 Å². The fraction of sp³-hybridized carbons (Fsp3) is 1.00. The first kappa shape index (κ1) is 15.5. The molecule has 5 heteroatoms. The van der Waals surface area contributed by atoms with E-state index < -0.39 is 7.67 Å². The first-order valence-electron chi connectivity index (χ1n) is 7.88. The Bertz CT molecular complexity index is 317. The van der Waals surface area contributed by atoms with Gasteiger partial charge < -0.3 is 4.52 Å². The van der Waals surface area contributed by atoms with Crippen LogP contribution in [0.25, 0.3) is 0 Å². The molecule has 2 heterocycles. The highest BCUT2D eigenvalue weighted by atomic mass is 31.2. The third kappa shape index (κ3) is 4.04. The standard InChI is InChI=1S/C14H29N2O2P/c1-4-5-6-7-8-9-10-18-19(17,15-11-13(15)2)16-12-14(16)3/h13-14H,4-12H2,1-3H3/t13-,14-,15?,16?,19?/m0/s1. The second-order valence-corrected chi connectivity index (χ2v) is 8.30. The zero-order valence-electron chi connectivity index (χ0n) is 12.7. The average molecular weight is 288 g/mol. The number of nitrogens with zero attached hydrogens (tertiary/aromatic N) is 2. The number of unbranched alkanes of at least 4 members (excludes halogenated alkanes) is 5. The zero-order valence-corrected chi connectivity index (χ0v) is 13.6. The van der Waals surface area contributed by atoms with Crippen LogP contribution in [0.2, 0.25) is 0 Å². The highest BCUT2D eigenvalue weighted by Gasteiger charge is 2.56. The van der Waals surface area contributed by atoms with Gasteiger partial charge in [0.05, 0.1) is 6.61 Å². The van der Waals surface area contributed by atoms with E-state index in [9.17, 15) is 4.57 Å². The number of hydrogen-bond acceptors (Lipinski definition) is 2. The summed E-state index contributed by atoms with van der Waals surface area (Å²) < 4.78 is 22.8. The summed E-state index contributed by atoms with van der Waals surface area (Å²) in [5.41, 5.74) is 0. The topological polar surface area (TPSA) is 32.3 Å². The summed E-state index contributed by atoms with van der Waals surface area (Å²) in [5, 5.41) is 0. The van der Waals surface area contributed by atoms with Gasteiger partial charge in [0.1, 0.15) is 0 Å². The lowest BCUT2D eigenvalue weighted by Crippen LogP contribution is -2.11. The van der Waals surface area contributed by atoms with E-state index in [4.69, 9.17) is 4.52 Å². The van der Waals surface area contributed by atoms with Crippen molar-refractivity contribution in [2.75, 3.05) is 19.7 Å². The van der Waals surface area contributed by atoms with Crippen LogP contribution in [0.15, 0.2) is 0 Å². The van der Waals surface area contributed by atoms with Crippen molar-refractivity contribution >= 4 is 7.67 Å². The van der Waals surface area contributed by atoms with Gasteiger partial charge in [-0.15, -0.1) is 0 Å². The largest absolute Gasteiger partial charge is 0.346 e. The molecule has 0 spiro atoms. The molecule has 2 unspecified atom stereocenters. The van der Waals surface area contributed by atoms with Gasteiger partial charge in [0.2, 0.25) is 0 Å². The smallest absolute Gasteiger partial charge is 0.306 e. The summed E-state index contributed by atoms with van der Waals surface area (Å²) in [4.78, 5) is 0. The van der Waals surface area contributed by atoms with Gasteiger partial charge in [-0.3, -0.25) is 4.57 Å². The Balaban J connectivity index is 1.66. The second kappa shape index (κ2) is 6.71. The van der Waals surface area contributed by atoms with Crippen LogP contribution in [-0.4, -0.2) is 41.1 Å². The van der Waals surface area contributed by atoms with Crippen molar-refractivity contribution in [2.45, 2.75) is 71.4 Å². The predicted octanol–water partition coefficient (Wildman–Crippen LogP) is 3.88. The fourth-order valence-electron chi connectivity index (χ4n) is 2.51. The van der Waals surface area contributed by atoms with Crippen molar-refractivity contribution in [3.8, 4) is 0 Å². The third-order valence-corrected chi connectivity index (χ3v) is 6.99. The maximum atomic E-state index is 12.9. The maximum Gasteiger partial charge on any atom is 0.346 e. The molecule has 2 aliphatic rings. The fourth-order valence-corrected chi connectivity index (χ4v) is 5.35.